The maximum Gasteiger partial charge on any atom is 0.494 e. The molecule has 8 nitrogen and oxygen atoms in total. The quantitative estimate of drug-likeness (QED) is 0.300. The first-order chi connectivity index (χ1) is 24.7. The van der Waals surface area contributed by atoms with Crippen LogP contribution in [0.15, 0.2) is 118 Å². The number of aromatic amines is 2. The van der Waals surface area contributed by atoms with Gasteiger partial charge in [-0.25, -0.2) is 9.98 Å². The maximum atomic E-state index is 6.33. The summed E-state index contributed by atoms with van der Waals surface area (Å²) in [7, 11) is -0.855. The van der Waals surface area contributed by atoms with Crippen LogP contribution in [0.5, 0.6) is 0 Å². The van der Waals surface area contributed by atoms with Crippen LogP contribution in [-0.4, -0.2) is 58.0 Å². The Morgan fingerprint density at radius 2 is 0.750 bits per heavy atom. The Morgan fingerprint density at radius 1 is 0.423 bits per heavy atom. The Labute approximate surface area is 304 Å². The van der Waals surface area contributed by atoms with Gasteiger partial charge >= 0.3 is 14.2 Å². The van der Waals surface area contributed by atoms with Crippen LogP contribution >= 0.6 is 0 Å². The molecule has 2 aromatic carbocycles. The number of benzene rings is 2. The van der Waals surface area contributed by atoms with Crippen molar-refractivity contribution in [2.75, 3.05) is 0 Å². The van der Waals surface area contributed by atoms with E-state index in [9.17, 15) is 0 Å². The van der Waals surface area contributed by atoms with E-state index in [-0.39, 0.29) is 0 Å². The molecule has 0 atom stereocenters. The molecule has 0 aliphatic carbocycles. The predicted octanol–water partition coefficient (Wildman–Crippen LogP) is 4.87. The van der Waals surface area contributed by atoms with Gasteiger partial charge in [0.05, 0.1) is 55.9 Å². The molecule has 52 heavy (non-hydrogen) atoms. The van der Waals surface area contributed by atoms with Gasteiger partial charge in [-0.3, -0.25) is 0 Å². The number of hydrogen-bond acceptors (Lipinski definition) is 6. The molecule has 4 aromatic rings. The highest BCUT2D eigenvalue weighted by atomic mass is 16.7. The minimum absolute atomic E-state index is 0.406. The fraction of sp³-hybridized carbons (Fsp3) is 0.286. The largest absolute Gasteiger partial charge is 0.494 e. The lowest BCUT2D eigenvalue weighted by Gasteiger charge is -2.32. The smallest absolute Gasteiger partial charge is 0.399 e. The van der Waals surface area contributed by atoms with Crippen LogP contribution in [0.2, 0.25) is 0 Å². The number of nitrogens with zero attached hydrogens (tertiary/aromatic N) is 2. The second-order valence-corrected chi connectivity index (χ2v) is 16.2. The van der Waals surface area contributed by atoms with E-state index in [1.54, 1.807) is 0 Å². The van der Waals surface area contributed by atoms with Crippen molar-refractivity contribution in [2.24, 2.45) is 9.98 Å². The number of H-pyrrole nitrogens is 2. The fourth-order valence-electron chi connectivity index (χ4n) is 7.14. The molecule has 7 heterocycles. The molecule has 2 N–H and O–H groups in total. The number of fused-ring (bicyclic) bond motifs is 6. The molecule has 5 aliphatic rings. The third kappa shape index (κ3) is 5.31. The first kappa shape index (κ1) is 33.1. The lowest BCUT2D eigenvalue weighted by molar-refractivity contribution is 0.00578. The van der Waals surface area contributed by atoms with E-state index in [1.807, 2.05) is 0 Å². The topological polar surface area (TPSA) is 93.2 Å². The van der Waals surface area contributed by atoms with Crippen molar-refractivity contribution >= 4 is 47.7 Å². The van der Waals surface area contributed by atoms with Crippen LogP contribution in [0.4, 0.5) is 0 Å². The van der Waals surface area contributed by atoms with Crippen LogP contribution in [0.3, 0.4) is 0 Å². The van der Waals surface area contributed by atoms with E-state index in [0.29, 0.717) is 0 Å². The Balaban J connectivity index is 1.16. The van der Waals surface area contributed by atoms with E-state index >= 15 is 0 Å². The third-order valence-corrected chi connectivity index (χ3v) is 11.7. The van der Waals surface area contributed by atoms with E-state index in [0.717, 1.165) is 77.4 Å². The molecule has 0 amide bonds. The molecule has 10 heteroatoms. The molecule has 0 saturated carbocycles. The van der Waals surface area contributed by atoms with E-state index in [2.05, 4.69) is 162 Å². The lowest BCUT2D eigenvalue weighted by Crippen LogP contribution is -2.41. The molecule has 260 valence electrons. The standard InChI is InChI=1S/C42H42B2N4O4/c1-39(2)40(3,4)50-43(49-39)27-13-9-25(10-14-27)37-33-21-17-29(45-33)31-19-23-35(47-31)38(36-24-20-32(48-36)30-18-22-34(37)46-30)26-11-15-28(16-12-26)44-51-41(5,6)42(7,8)52-44/h9-24,45,47H,1-8H3. The SMILES string of the molecule is CC1(C)OB(c2ccc(C3=c4ccc([nH]4)=c4ccc([nH]4)=C(c4ccc(B5OC(C)(C)C(C)(C)O5)cc4)C4=NC(=C5C=CC3=N5)C=C4)cc2)OC1(C)C. The van der Waals surface area contributed by atoms with E-state index in [1.165, 1.54) is 0 Å². The molecule has 0 spiro atoms. The van der Waals surface area contributed by atoms with Crippen molar-refractivity contribution in [3.05, 3.63) is 141 Å². The number of hydrogen-bond donors (Lipinski definition) is 2. The summed E-state index contributed by atoms with van der Waals surface area (Å²) in [6, 6.07) is 25.3. The maximum absolute atomic E-state index is 6.33. The summed E-state index contributed by atoms with van der Waals surface area (Å²) in [6.07, 6.45) is 8.25. The number of nitrogens with one attached hydrogen (secondary N) is 2. The van der Waals surface area contributed by atoms with Gasteiger partial charge in [0.15, 0.2) is 0 Å². The van der Waals surface area contributed by atoms with Crippen LogP contribution in [0.1, 0.15) is 66.5 Å². The van der Waals surface area contributed by atoms with E-state index < -0.39 is 36.6 Å². The van der Waals surface area contributed by atoms with Gasteiger partial charge in [-0.1, -0.05) is 48.5 Å². The van der Waals surface area contributed by atoms with Gasteiger partial charge in [0.25, 0.3) is 0 Å². The molecule has 2 fully saturated rings. The third-order valence-electron chi connectivity index (χ3n) is 11.7. The van der Waals surface area contributed by atoms with Gasteiger partial charge in [0, 0.05) is 21.8 Å². The zero-order valence-corrected chi connectivity index (χ0v) is 30.9. The van der Waals surface area contributed by atoms with Crippen LogP contribution in [0, 0.1) is 10.7 Å². The first-order valence-corrected chi connectivity index (χ1v) is 18.0. The molecular weight excluding hydrogens is 646 g/mol. The lowest BCUT2D eigenvalue weighted by atomic mass is 9.78. The number of aliphatic imine (C=N–C) groups is 2. The number of aromatic nitrogens is 2. The van der Waals surface area contributed by atoms with Gasteiger partial charge in [0.1, 0.15) is 0 Å². The second-order valence-electron chi connectivity index (χ2n) is 16.2. The van der Waals surface area contributed by atoms with Crippen LogP contribution < -0.4 is 21.6 Å². The van der Waals surface area contributed by atoms with Crippen molar-refractivity contribution in [1.82, 2.24) is 9.97 Å². The zero-order valence-electron chi connectivity index (χ0n) is 30.9. The molecule has 9 rings (SSSR count). The van der Waals surface area contributed by atoms with Crippen LogP contribution in [-0.2, 0) is 18.6 Å². The van der Waals surface area contributed by atoms with Crippen molar-refractivity contribution < 1.29 is 18.6 Å². The van der Waals surface area contributed by atoms with Crippen molar-refractivity contribution in [3.8, 4) is 0 Å². The van der Waals surface area contributed by atoms with Gasteiger partial charge < -0.3 is 28.6 Å². The predicted molar refractivity (Wildman–Crippen MR) is 208 cm³/mol. The minimum Gasteiger partial charge on any atom is -0.399 e. The summed E-state index contributed by atoms with van der Waals surface area (Å²) < 4.78 is 25.3. The summed E-state index contributed by atoms with van der Waals surface area (Å²) in [5.41, 5.74) is 7.78. The van der Waals surface area contributed by atoms with Gasteiger partial charge in [0.2, 0.25) is 0 Å². The summed E-state index contributed by atoms with van der Waals surface area (Å²) in [6.45, 7) is 16.6. The fourth-order valence-corrected chi connectivity index (χ4v) is 7.14. The highest BCUT2D eigenvalue weighted by Crippen LogP contribution is 2.38. The van der Waals surface area contributed by atoms with Gasteiger partial charge in [-0.15, -0.1) is 0 Å². The zero-order chi connectivity index (χ0) is 36.2. The monoisotopic (exact) mass is 688 g/mol. The minimum atomic E-state index is -0.428. The highest BCUT2D eigenvalue weighted by Gasteiger charge is 2.52. The molecule has 2 aromatic heterocycles. The second kappa shape index (κ2) is 11.4. The molecule has 0 unspecified atom stereocenters. The Bertz CT molecular complexity index is 2320. The number of rotatable bonds is 4. The Morgan fingerprint density at radius 3 is 1.10 bits per heavy atom. The number of allylic oxidation sites excluding steroid dienone is 4. The summed E-state index contributed by atoms with van der Waals surface area (Å²) >= 11 is 0. The summed E-state index contributed by atoms with van der Waals surface area (Å²) in [5, 5.41) is 3.89. The van der Waals surface area contributed by atoms with Crippen LogP contribution in [0.25, 0.3) is 11.1 Å². The molecular formula is C42H42B2N4O4. The summed E-state index contributed by atoms with van der Waals surface area (Å²) in [5.74, 6) is 0. The average molecular weight is 688 g/mol. The first-order valence-electron chi connectivity index (χ1n) is 18.0. The highest BCUT2D eigenvalue weighted by molar-refractivity contribution is 6.62. The van der Waals surface area contributed by atoms with Gasteiger partial charge in [-0.2, -0.15) is 0 Å². The molecule has 2 saturated heterocycles. The Hall–Kier alpha value is -4.73. The molecule has 8 bridgehead atoms. The van der Waals surface area contributed by atoms with E-state index in [4.69, 9.17) is 28.6 Å². The Kier molecular flexibility index (Phi) is 7.25. The molecule has 5 aliphatic heterocycles. The van der Waals surface area contributed by atoms with Crippen molar-refractivity contribution in [3.63, 3.8) is 0 Å². The van der Waals surface area contributed by atoms with Crippen molar-refractivity contribution in [2.45, 2.75) is 77.8 Å². The summed E-state index contributed by atoms with van der Waals surface area (Å²) in [4.78, 5) is 17.7. The van der Waals surface area contributed by atoms with Gasteiger partial charge in [-0.05, 0) is 126 Å². The average Bonchev–Trinajstić information content (AvgIpc) is 3.94. The molecule has 0 radical (unpaired) electrons. The normalized spacial score (nSPS) is 22.0. The van der Waals surface area contributed by atoms with Crippen molar-refractivity contribution in [1.29, 1.82) is 0 Å².